The Bertz CT molecular complexity index is 585. The minimum Gasteiger partial charge on any atom is -0.453 e. The van der Waals surface area contributed by atoms with Crippen molar-refractivity contribution in [3.63, 3.8) is 0 Å². The quantitative estimate of drug-likeness (QED) is 0.879. The Labute approximate surface area is 127 Å². The predicted molar refractivity (Wildman–Crippen MR) is 81.7 cm³/mol. The van der Waals surface area contributed by atoms with Crippen LogP contribution < -0.4 is 10.6 Å². The van der Waals surface area contributed by atoms with Crippen molar-refractivity contribution in [3.8, 4) is 0 Å². The van der Waals surface area contributed by atoms with Crippen molar-refractivity contribution in [2.75, 3.05) is 12.4 Å². The van der Waals surface area contributed by atoms with Gasteiger partial charge in [-0.25, -0.2) is 4.79 Å². The van der Waals surface area contributed by atoms with Gasteiger partial charge in [-0.3, -0.25) is 14.9 Å². The normalized spacial score (nSPS) is 11.0. The van der Waals surface area contributed by atoms with Gasteiger partial charge in [0.15, 0.2) is 0 Å². The number of thiophene rings is 1. The first-order valence-corrected chi connectivity index (χ1v) is 7.20. The Kier molecular flexibility index (Phi) is 5.11. The van der Waals surface area contributed by atoms with E-state index in [0.717, 1.165) is 10.4 Å². The molecule has 116 valence electrons. The number of carbonyl (C=O) groups excluding carboxylic acids is 3. The van der Waals surface area contributed by atoms with Gasteiger partial charge in [0.05, 0.1) is 12.7 Å². The molecule has 7 heteroatoms. The van der Waals surface area contributed by atoms with Gasteiger partial charge in [0.2, 0.25) is 5.91 Å². The van der Waals surface area contributed by atoms with Crippen LogP contribution in [0.4, 0.5) is 9.80 Å². The van der Waals surface area contributed by atoms with Crippen molar-refractivity contribution < 1.29 is 19.1 Å². The third-order valence-electron chi connectivity index (χ3n) is 2.92. The van der Waals surface area contributed by atoms with Crippen LogP contribution in [0.15, 0.2) is 0 Å². The van der Waals surface area contributed by atoms with Gasteiger partial charge in [-0.1, -0.05) is 20.8 Å². The summed E-state index contributed by atoms with van der Waals surface area (Å²) in [5.74, 6) is -0.788. The molecule has 21 heavy (non-hydrogen) atoms. The molecule has 0 saturated carbocycles. The molecule has 0 bridgehead atoms. The van der Waals surface area contributed by atoms with E-state index in [0.29, 0.717) is 10.6 Å². The molecule has 0 unspecified atom stereocenters. The molecule has 6 nitrogen and oxygen atoms in total. The standard InChI is InChI=1S/C14H20N2O4S/c1-7-8(2)21-11(16-12(18)14(3,4)5)9(7)10(17)15-13(19)20-6/h1-6H3,(H,16,18)(H,15,17,19). The van der Waals surface area contributed by atoms with Gasteiger partial charge in [-0.05, 0) is 19.4 Å². The van der Waals surface area contributed by atoms with Crippen molar-refractivity contribution >= 4 is 34.2 Å². The third-order valence-corrected chi connectivity index (χ3v) is 4.04. The summed E-state index contributed by atoms with van der Waals surface area (Å²) in [5, 5.41) is 5.30. The highest BCUT2D eigenvalue weighted by Crippen LogP contribution is 2.33. The summed E-state index contributed by atoms with van der Waals surface area (Å²) in [6.45, 7) is 8.96. The highest BCUT2D eigenvalue weighted by atomic mass is 32.1. The second-order valence-corrected chi connectivity index (χ2v) is 6.86. The number of hydrogen-bond acceptors (Lipinski definition) is 5. The molecule has 1 rings (SSSR count). The number of carbonyl (C=O) groups is 3. The zero-order valence-corrected chi connectivity index (χ0v) is 13.9. The van der Waals surface area contributed by atoms with Crippen LogP contribution in [0.3, 0.4) is 0 Å². The number of methoxy groups -OCH3 is 1. The molecule has 0 aliphatic rings. The van der Waals surface area contributed by atoms with Crippen molar-refractivity contribution in [2.24, 2.45) is 5.41 Å². The lowest BCUT2D eigenvalue weighted by molar-refractivity contribution is -0.123. The van der Waals surface area contributed by atoms with Crippen LogP contribution in [0.1, 0.15) is 41.6 Å². The number of anilines is 1. The number of rotatable bonds is 2. The van der Waals surface area contributed by atoms with Gasteiger partial charge in [0.1, 0.15) is 5.00 Å². The third kappa shape index (κ3) is 4.04. The monoisotopic (exact) mass is 312 g/mol. The largest absolute Gasteiger partial charge is 0.453 e. The number of amides is 3. The summed E-state index contributed by atoms with van der Waals surface area (Å²) in [4.78, 5) is 36.3. The highest BCUT2D eigenvalue weighted by Gasteiger charge is 2.26. The van der Waals surface area contributed by atoms with Crippen LogP contribution in [-0.2, 0) is 9.53 Å². The first-order chi connectivity index (χ1) is 9.57. The lowest BCUT2D eigenvalue weighted by Gasteiger charge is -2.17. The van der Waals surface area contributed by atoms with Gasteiger partial charge in [0.25, 0.3) is 5.91 Å². The van der Waals surface area contributed by atoms with Gasteiger partial charge in [-0.2, -0.15) is 0 Å². The number of ether oxygens (including phenoxy) is 1. The lowest BCUT2D eigenvalue weighted by Crippen LogP contribution is -2.32. The molecule has 0 aliphatic carbocycles. The van der Waals surface area contributed by atoms with E-state index in [4.69, 9.17) is 0 Å². The van der Waals surface area contributed by atoms with Gasteiger partial charge in [0, 0.05) is 10.3 Å². The van der Waals surface area contributed by atoms with E-state index in [1.54, 1.807) is 27.7 Å². The average molecular weight is 312 g/mol. The van der Waals surface area contributed by atoms with Gasteiger partial charge < -0.3 is 10.1 Å². The van der Waals surface area contributed by atoms with Crippen LogP contribution >= 0.6 is 11.3 Å². The zero-order valence-electron chi connectivity index (χ0n) is 13.0. The summed E-state index contributed by atoms with van der Waals surface area (Å²) >= 11 is 1.30. The Hall–Kier alpha value is -1.89. The summed E-state index contributed by atoms with van der Waals surface area (Å²) in [6.07, 6.45) is -0.837. The van der Waals surface area contributed by atoms with Crippen LogP contribution in [-0.4, -0.2) is 25.0 Å². The van der Waals surface area contributed by atoms with E-state index >= 15 is 0 Å². The van der Waals surface area contributed by atoms with E-state index in [2.05, 4.69) is 15.4 Å². The lowest BCUT2D eigenvalue weighted by atomic mass is 9.96. The Balaban J connectivity index is 3.12. The van der Waals surface area contributed by atoms with Gasteiger partial charge in [-0.15, -0.1) is 11.3 Å². The summed E-state index contributed by atoms with van der Waals surface area (Å²) < 4.78 is 4.41. The maximum atomic E-state index is 12.1. The first-order valence-electron chi connectivity index (χ1n) is 6.38. The smallest absolute Gasteiger partial charge is 0.413 e. The Morgan fingerprint density at radius 1 is 1.14 bits per heavy atom. The number of imide groups is 1. The van der Waals surface area contributed by atoms with E-state index in [9.17, 15) is 14.4 Å². The Morgan fingerprint density at radius 3 is 2.19 bits per heavy atom. The molecule has 2 N–H and O–H groups in total. The van der Waals surface area contributed by atoms with E-state index in [1.165, 1.54) is 18.4 Å². The molecule has 0 fully saturated rings. The van der Waals surface area contributed by atoms with Crippen LogP contribution in [0.5, 0.6) is 0 Å². The summed E-state index contributed by atoms with van der Waals surface area (Å²) in [7, 11) is 1.18. The predicted octanol–water partition coefficient (Wildman–Crippen LogP) is 2.85. The molecular formula is C14H20N2O4S. The molecule has 0 aliphatic heterocycles. The minimum absolute atomic E-state index is 0.198. The molecule has 0 aromatic carbocycles. The van der Waals surface area contributed by atoms with Crippen LogP contribution in [0, 0.1) is 19.3 Å². The fourth-order valence-electron chi connectivity index (χ4n) is 1.49. The van der Waals surface area contributed by atoms with Crippen LogP contribution in [0.2, 0.25) is 0 Å². The molecular weight excluding hydrogens is 292 g/mol. The van der Waals surface area contributed by atoms with E-state index in [-0.39, 0.29) is 5.91 Å². The van der Waals surface area contributed by atoms with Crippen molar-refractivity contribution in [3.05, 3.63) is 16.0 Å². The number of nitrogens with one attached hydrogen (secondary N) is 2. The molecule has 1 aromatic heterocycles. The fraction of sp³-hybridized carbons (Fsp3) is 0.500. The van der Waals surface area contributed by atoms with Crippen LogP contribution in [0.25, 0.3) is 0 Å². The number of alkyl carbamates (subject to hydrolysis) is 1. The molecule has 0 saturated heterocycles. The fourth-order valence-corrected chi connectivity index (χ4v) is 2.54. The molecule has 0 atom stereocenters. The first kappa shape index (κ1) is 17.2. The Morgan fingerprint density at radius 2 is 1.71 bits per heavy atom. The van der Waals surface area contributed by atoms with Gasteiger partial charge >= 0.3 is 6.09 Å². The SMILES string of the molecule is COC(=O)NC(=O)c1c(NC(=O)C(C)(C)C)sc(C)c1C. The number of aryl methyl sites for hydroxylation is 1. The van der Waals surface area contributed by atoms with E-state index in [1.807, 2.05) is 6.92 Å². The molecule has 1 heterocycles. The number of hydrogen-bond donors (Lipinski definition) is 2. The molecule has 0 spiro atoms. The summed E-state index contributed by atoms with van der Waals surface area (Å²) in [5.41, 5.74) is 0.438. The topological polar surface area (TPSA) is 84.5 Å². The molecule has 1 aromatic rings. The van der Waals surface area contributed by atoms with E-state index < -0.39 is 17.4 Å². The van der Waals surface area contributed by atoms with Crippen molar-refractivity contribution in [1.82, 2.24) is 5.32 Å². The van der Waals surface area contributed by atoms with Crippen molar-refractivity contribution in [2.45, 2.75) is 34.6 Å². The maximum absolute atomic E-state index is 12.1. The zero-order chi connectivity index (χ0) is 16.4. The molecule has 3 amide bonds. The minimum atomic E-state index is -0.837. The average Bonchev–Trinajstić information content (AvgIpc) is 2.63. The second-order valence-electron chi connectivity index (χ2n) is 5.64. The highest BCUT2D eigenvalue weighted by molar-refractivity contribution is 7.16. The molecule has 0 radical (unpaired) electrons. The van der Waals surface area contributed by atoms with Crippen molar-refractivity contribution in [1.29, 1.82) is 0 Å². The maximum Gasteiger partial charge on any atom is 0.413 e. The summed E-state index contributed by atoms with van der Waals surface area (Å²) in [6, 6.07) is 0. The second kappa shape index (κ2) is 6.26.